The third-order valence-corrected chi connectivity index (χ3v) is 6.27. The number of ether oxygens (including phenoxy) is 1. The summed E-state index contributed by atoms with van der Waals surface area (Å²) >= 11 is 0. The predicted octanol–water partition coefficient (Wildman–Crippen LogP) is 5.07. The molecule has 0 unspecified atom stereocenters. The number of nitro benzene ring substituents is 1. The van der Waals surface area contributed by atoms with Gasteiger partial charge in [-0.1, -0.05) is 17.3 Å². The van der Waals surface area contributed by atoms with Crippen molar-refractivity contribution in [2.24, 2.45) is 0 Å². The SMILES string of the molecule is CN(C)C[C@@H]1CCCN1c1cc(OC(F)F)c(Nc2nccc(-c3noc4ccccc34)n2)cc1[N+](=O)[O-]. The molecule has 1 atom stereocenters. The quantitative estimate of drug-likeness (QED) is 0.234. The average molecular weight is 526 g/mol. The van der Waals surface area contributed by atoms with Gasteiger partial charge in [0.05, 0.1) is 21.7 Å². The van der Waals surface area contributed by atoms with Crippen LogP contribution in [0.2, 0.25) is 0 Å². The molecule has 0 bridgehead atoms. The molecule has 1 N–H and O–H groups in total. The number of hydrogen-bond donors (Lipinski definition) is 1. The van der Waals surface area contributed by atoms with Gasteiger partial charge in [-0.15, -0.1) is 0 Å². The lowest BCUT2D eigenvalue weighted by Crippen LogP contribution is -2.37. The van der Waals surface area contributed by atoms with Gasteiger partial charge in [0.1, 0.15) is 11.4 Å². The van der Waals surface area contributed by atoms with Gasteiger partial charge in [0.15, 0.2) is 11.3 Å². The molecular formula is C25H25F2N7O4. The fourth-order valence-electron chi connectivity index (χ4n) is 4.73. The van der Waals surface area contributed by atoms with E-state index in [1.807, 2.05) is 42.1 Å². The second kappa shape index (κ2) is 10.5. The van der Waals surface area contributed by atoms with Gasteiger partial charge in [-0.3, -0.25) is 10.1 Å². The first-order valence-electron chi connectivity index (χ1n) is 11.9. The number of rotatable bonds is 9. The van der Waals surface area contributed by atoms with Crippen molar-refractivity contribution in [1.82, 2.24) is 20.0 Å². The number of fused-ring (bicyclic) bond motifs is 1. The van der Waals surface area contributed by atoms with Crippen LogP contribution in [0.1, 0.15) is 12.8 Å². The van der Waals surface area contributed by atoms with Crippen LogP contribution >= 0.6 is 0 Å². The maximum atomic E-state index is 13.4. The Balaban J connectivity index is 1.53. The van der Waals surface area contributed by atoms with Gasteiger partial charge in [0.2, 0.25) is 5.95 Å². The predicted molar refractivity (Wildman–Crippen MR) is 137 cm³/mol. The van der Waals surface area contributed by atoms with E-state index >= 15 is 0 Å². The van der Waals surface area contributed by atoms with Crippen LogP contribution in [0.4, 0.5) is 31.8 Å². The molecule has 0 spiro atoms. The number of benzene rings is 2. The maximum absolute atomic E-state index is 13.4. The molecular weight excluding hydrogens is 500 g/mol. The molecule has 13 heteroatoms. The molecule has 3 heterocycles. The highest BCUT2D eigenvalue weighted by Gasteiger charge is 2.32. The standard InChI is InChI=1S/C25H25F2N7O4/c1-32(2)14-15-6-5-11-33(15)19-13-22(37-24(26)27)18(12-20(19)34(35)36)30-25-28-10-9-17(29-25)23-16-7-3-4-8-21(16)38-31-23/h3-4,7-10,12-13,15,24H,5-6,11,14H2,1-2H3,(H,28,29,30)/t15-/m0/s1. The Labute approximate surface area is 216 Å². The number of para-hydroxylation sites is 1. The summed E-state index contributed by atoms with van der Waals surface area (Å²) in [5.41, 5.74) is 1.38. The van der Waals surface area contributed by atoms with Gasteiger partial charge < -0.3 is 24.4 Å². The van der Waals surface area contributed by atoms with Crippen LogP contribution in [-0.2, 0) is 0 Å². The molecule has 0 amide bonds. The van der Waals surface area contributed by atoms with Crippen LogP contribution in [0.5, 0.6) is 5.75 Å². The monoisotopic (exact) mass is 525 g/mol. The summed E-state index contributed by atoms with van der Waals surface area (Å²) in [5, 5.41) is 19.7. The van der Waals surface area contributed by atoms with Gasteiger partial charge in [-0.25, -0.2) is 9.97 Å². The third kappa shape index (κ3) is 5.18. The van der Waals surface area contributed by atoms with Crippen LogP contribution in [-0.4, -0.2) is 64.8 Å². The number of alkyl halides is 2. The lowest BCUT2D eigenvalue weighted by molar-refractivity contribution is -0.384. The molecule has 0 saturated carbocycles. The van der Waals surface area contributed by atoms with E-state index in [0.717, 1.165) is 18.2 Å². The summed E-state index contributed by atoms with van der Waals surface area (Å²) in [5.74, 6) is -0.237. The molecule has 198 valence electrons. The van der Waals surface area contributed by atoms with E-state index in [0.29, 0.717) is 30.1 Å². The largest absolute Gasteiger partial charge is 0.433 e. The van der Waals surface area contributed by atoms with Crippen LogP contribution in [0, 0.1) is 10.1 Å². The number of aromatic nitrogens is 3. The lowest BCUT2D eigenvalue weighted by atomic mass is 10.1. The molecule has 0 radical (unpaired) electrons. The zero-order valence-corrected chi connectivity index (χ0v) is 20.7. The summed E-state index contributed by atoms with van der Waals surface area (Å²) in [7, 11) is 3.83. The first-order valence-corrected chi connectivity index (χ1v) is 11.9. The highest BCUT2D eigenvalue weighted by molar-refractivity contribution is 5.90. The van der Waals surface area contributed by atoms with E-state index in [1.54, 1.807) is 12.1 Å². The van der Waals surface area contributed by atoms with Crippen LogP contribution < -0.4 is 15.0 Å². The van der Waals surface area contributed by atoms with Crippen molar-refractivity contribution in [3.05, 3.63) is 58.8 Å². The minimum atomic E-state index is -3.14. The topological polar surface area (TPSA) is 123 Å². The van der Waals surface area contributed by atoms with Crippen LogP contribution in [0.3, 0.4) is 0 Å². The van der Waals surface area contributed by atoms with E-state index in [1.165, 1.54) is 18.3 Å². The molecule has 2 aromatic heterocycles. The molecule has 1 fully saturated rings. The molecule has 2 aromatic carbocycles. The van der Waals surface area contributed by atoms with Crippen molar-refractivity contribution >= 4 is 34.0 Å². The Morgan fingerprint density at radius 1 is 1.29 bits per heavy atom. The zero-order valence-electron chi connectivity index (χ0n) is 20.7. The summed E-state index contributed by atoms with van der Waals surface area (Å²) < 4.78 is 36.9. The highest BCUT2D eigenvalue weighted by Crippen LogP contribution is 2.42. The Hall–Kier alpha value is -4.39. The Morgan fingerprint density at radius 2 is 2.11 bits per heavy atom. The van der Waals surface area contributed by atoms with Crippen molar-refractivity contribution < 1.29 is 23.0 Å². The molecule has 1 aliphatic heterocycles. The van der Waals surface area contributed by atoms with Gasteiger partial charge in [0, 0.05) is 37.5 Å². The smallest absolute Gasteiger partial charge is 0.387 e. The summed E-state index contributed by atoms with van der Waals surface area (Å²) in [6.45, 7) is -1.91. The van der Waals surface area contributed by atoms with Crippen molar-refractivity contribution in [2.75, 3.05) is 37.4 Å². The minimum Gasteiger partial charge on any atom is -0.433 e. The first kappa shape index (κ1) is 25.3. The summed E-state index contributed by atoms with van der Waals surface area (Å²) in [4.78, 5) is 24.0. The average Bonchev–Trinajstić information content (AvgIpc) is 3.51. The van der Waals surface area contributed by atoms with Gasteiger partial charge >= 0.3 is 6.61 Å². The van der Waals surface area contributed by atoms with E-state index in [2.05, 4.69) is 20.4 Å². The zero-order chi connectivity index (χ0) is 26.8. The number of likely N-dealkylation sites (N-methyl/N-ethyl adjacent to an activating group) is 1. The minimum absolute atomic E-state index is 0.000734. The molecule has 38 heavy (non-hydrogen) atoms. The number of hydrogen-bond acceptors (Lipinski definition) is 10. The molecule has 1 saturated heterocycles. The third-order valence-electron chi connectivity index (χ3n) is 6.27. The number of nitrogens with zero attached hydrogens (tertiary/aromatic N) is 6. The van der Waals surface area contributed by atoms with Gasteiger partial charge in [0.25, 0.3) is 5.69 Å². The Morgan fingerprint density at radius 3 is 2.87 bits per heavy atom. The normalized spacial score (nSPS) is 15.5. The summed E-state index contributed by atoms with van der Waals surface area (Å²) in [6.07, 6.45) is 3.12. The number of nitro groups is 1. The number of anilines is 3. The molecule has 4 aromatic rings. The molecule has 1 aliphatic rings. The van der Waals surface area contributed by atoms with E-state index < -0.39 is 11.5 Å². The highest BCUT2D eigenvalue weighted by atomic mass is 19.3. The number of halogens is 2. The fourth-order valence-corrected chi connectivity index (χ4v) is 4.73. The number of nitrogens with one attached hydrogen (secondary N) is 1. The fraction of sp³-hybridized carbons (Fsp3) is 0.320. The second-order valence-corrected chi connectivity index (χ2v) is 9.14. The molecule has 0 aliphatic carbocycles. The van der Waals surface area contributed by atoms with Crippen molar-refractivity contribution in [2.45, 2.75) is 25.5 Å². The maximum Gasteiger partial charge on any atom is 0.387 e. The Kier molecular flexibility index (Phi) is 7.01. The van der Waals surface area contributed by atoms with E-state index in [4.69, 9.17) is 9.26 Å². The molecule has 5 rings (SSSR count). The summed E-state index contributed by atoms with van der Waals surface area (Å²) in [6, 6.07) is 11.3. The van der Waals surface area contributed by atoms with E-state index in [9.17, 15) is 18.9 Å². The van der Waals surface area contributed by atoms with Crippen LogP contribution in [0.25, 0.3) is 22.4 Å². The van der Waals surface area contributed by atoms with Crippen molar-refractivity contribution in [3.8, 4) is 17.1 Å². The lowest BCUT2D eigenvalue weighted by Gasteiger charge is -2.29. The van der Waals surface area contributed by atoms with Crippen molar-refractivity contribution in [3.63, 3.8) is 0 Å². The second-order valence-electron chi connectivity index (χ2n) is 9.14. The molecule has 11 nitrogen and oxygen atoms in total. The first-order chi connectivity index (χ1) is 18.3. The van der Waals surface area contributed by atoms with Gasteiger partial charge in [-0.05, 0) is 45.1 Å². The van der Waals surface area contributed by atoms with Gasteiger partial charge in [-0.2, -0.15) is 8.78 Å². The van der Waals surface area contributed by atoms with Crippen LogP contribution in [0.15, 0.2) is 53.2 Å². The van der Waals surface area contributed by atoms with Crippen molar-refractivity contribution in [1.29, 1.82) is 0 Å². The Bertz CT molecular complexity index is 1460. The van der Waals surface area contributed by atoms with E-state index in [-0.39, 0.29) is 34.8 Å².